The van der Waals surface area contributed by atoms with E-state index in [9.17, 15) is 0 Å². The highest BCUT2D eigenvalue weighted by Gasteiger charge is 2.27. The average molecular weight is 876 g/mol. The van der Waals surface area contributed by atoms with Gasteiger partial charge in [0.05, 0.1) is 52.4 Å². The van der Waals surface area contributed by atoms with Crippen LogP contribution >= 0.6 is 0 Å². The van der Waals surface area contributed by atoms with Gasteiger partial charge in [-0.1, -0.05) is 228 Å². The molecule has 0 radical (unpaired) electrons. The molecule has 1 atom stereocenters. The summed E-state index contributed by atoms with van der Waals surface area (Å²) in [6.45, 7) is 28.6. The molecule has 0 amide bonds. The van der Waals surface area contributed by atoms with E-state index < -0.39 is 0 Å². The van der Waals surface area contributed by atoms with Crippen molar-refractivity contribution < 1.29 is 8.97 Å². The minimum atomic E-state index is 0.925. The maximum atomic E-state index is 2.58. The largest absolute Gasteiger partial charge is 0.324 e. The monoisotopic (exact) mass is 875 g/mol. The molecule has 2 nitrogen and oxygen atoms in total. The first-order valence-corrected chi connectivity index (χ1v) is 30.2. The summed E-state index contributed by atoms with van der Waals surface area (Å²) in [4.78, 5) is 0. The molecule has 0 heterocycles. The van der Waals surface area contributed by atoms with Crippen molar-refractivity contribution in [2.75, 3.05) is 52.4 Å². The highest BCUT2D eigenvalue weighted by Crippen LogP contribution is 2.24. The van der Waals surface area contributed by atoms with Gasteiger partial charge in [0.15, 0.2) is 0 Å². The van der Waals surface area contributed by atoms with Gasteiger partial charge in [-0.05, 0) is 109 Å². The third-order valence-corrected chi connectivity index (χ3v) is 15.6. The van der Waals surface area contributed by atoms with Crippen LogP contribution in [0.2, 0.25) is 0 Å². The molecule has 0 aromatic rings. The Balaban J connectivity index is 4.88. The molecular formula is C60H126N2+2. The Labute approximate surface area is 396 Å². The van der Waals surface area contributed by atoms with Crippen molar-refractivity contribution in [3.05, 3.63) is 0 Å². The van der Waals surface area contributed by atoms with Gasteiger partial charge in [-0.2, -0.15) is 0 Å². The Morgan fingerprint density at radius 1 is 0.194 bits per heavy atom. The van der Waals surface area contributed by atoms with Crippen LogP contribution in [-0.4, -0.2) is 61.3 Å². The lowest BCUT2D eigenvalue weighted by Gasteiger charge is -2.40. The van der Waals surface area contributed by atoms with Crippen molar-refractivity contribution in [2.45, 2.75) is 331 Å². The summed E-state index contributed by atoms with van der Waals surface area (Å²) in [6, 6.07) is 0. The smallest absolute Gasteiger partial charge is 0.0786 e. The normalized spacial score (nSPS) is 12.8. The fourth-order valence-corrected chi connectivity index (χ4v) is 11.1. The second-order valence-electron chi connectivity index (χ2n) is 21.9. The molecule has 2 heteroatoms. The first-order chi connectivity index (χ1) is 30.5. The molecule has 1 unspecified atom stereocenters. The summed E-state index contributed by atoms with van der Waals surface area (Å²) >= 11 is 0. The quantitative estimate of drug-likeness (QED) is 0.0422. The van der Waals surface area contributed by atoms with Gasteiger partial charge in [-0.15, -0.1) is 0 Å². The molecule has 0 aliphatic heterocycles. The molecule has 0 N–H and O–H groups in total. The van der Waals surface area contributed by atoms with Crippen LogP contribution in [0.25, 0.3) is 0 Å². The molecule has 0 aliphatic rings. The Kier molecular flexibility index (Phi) is 48.8. The Morgan fingerprint density at radius 2 is 0.339 bits per heavy atom. The van der Waals surface area contributed by atoms with E-state index in [1.807, 2.05) is 0 Å². The Bertz CT molecular complexity index is 745. The molecule has 0 aliphatic carbocycles. The molecule has 0 aromatic carbocycles. The topological polar surface area (TPSA) is 0 Å². The second kappa shape index (κ2) is 48.8. The number of rotatable bonds is 54. The summed E-state index contributed by atoms with van der Waals surface area (Å²) in [5.74, 6) is 0.925. The predicted octanol–water partition coefficient (Wildman–Crippen LogP) is 20.5. The van der Waals surface area contributed by atoms with E-state index in [1.54, 1.807) is 0 Å². The standard InChI is InChI=1S/C60H126N2/c1-8-14-20-26-35-45-55-61(56-46-36-27-21-15-9-2,57-47-37-28-22-16-10-3)58-48-38-30-29-31-40-50-60(7)51-41-39-49-59-62(52-42-32-23-17-11-4,53-43-33-24-18-12-5)54-44-34-25-19-13-6/h60H,8-59H2,1-7H3/q+2. The first-order valence-electron chi connectivity index (χ1n) is 30.2. The highest BCUT2D eigenvalue weighted by atomic mass is 15.4. The van der Waals surface area contributed by atoms with Gasteiger partial charge in [0, 0.05) is 0 Å². The Morgan fingerprint density at radius 3 is 0.532 bits per heavy atom. The van der Waals surface area contributed by atoms with E-state index in [1.165, 1.54) is 344 Å². The minimum absolute atomic E-state index is 0.925. The fraction of sp³-hybridized carbons (Fsp3) is 1.00. The van der Waals surface area contributed by atoms with Gasteiger partial charge < -0.3 is 8.97 Å². The van der Waals surface area contributed by atoms with Crippen LogP contribution in [0.1, 0.15) is 331 Å². The second-order valence-corrected chi connectivity index (χ2v) is 21.9. The van der Waals surface area contributed by atoms with Crippen molar-refractivity contribution in [1.29, 1.82) is 0 Å². The molecule has 374 valence electrons. The number of hydrogen-bond donors (Lipinski definition) is 0. The summed E-state index contributed by atoms with van der Waals surface area (Å²) < 4.78 is 2.95. The van der Waals surface area contributed by atoms with Crippen molar-refractivity contribution in [3.8, 4) is 0 Å². The van der Waals surface area contributed by atoms with Gasteiger partial charge in [-0.25, -0.2) is 0 Å². The highest BCUT2D eigenvalue weighted by molar-refractivity contribution is 4.59. The molecule has 0 spiro atoms. The third kappa shape index (κ3) is 40.2. The van der Waals surface area contributed by atoms with E-state index in [0.717, 1.165) is 5.92 Å². The maximum Gasteiger partial charge on any atom is 0.0786 e. The number of hydrogen-bond acceptors (Lipinski definition) is 0. The lowest BCUT2D eigenvalue weighted by molar-refractivity contribution is -0.929. The van der Waals surface area contributed by atoms with Crippen LogP contribution in [0.4, 0.5) is 0 Å². The molecular weight excluding hydrogens is 749 g/mol. The van der Waals surface area contributed by atoms with E-state index >= 15 is 0 Å². The van der Waals surface area contributed by atoms with E-state index in [2.05, 4.69) is 48.5 Å². The number of quaternary nitrogens is 2. The van der Waals surface area contributed by atoms with Crippen LogP contribution in [-0.2, 0) is 0 Å². The fourth-order valence-electron chi connectivity index (χ4n) is 11.1. The zero-order chi connectivity index (χ0) is 45.3. The maximum absolute atomic E-state index is 2.58. The molecule has 62 heavy (non-hydrogen) atoms. The number of unbranched alkanes of at least 4 members (excludes halogenated alkanes) is 34. The van der Waals surface area contributed by atoms with Crippen LogP contribution < -0.4 is 0 Å². The van der Waals surface area contributed by atoms with Gasteiger partial charge in [0.1, 0.15) is 0 Å². The van der Waals surface area contributed by atoms with E-state index in [0.29, 0.717) is 0 Å². The molecule has 0 bridgehead atoms. The Hall–Kier alpha value is -0.0800. The predicted molar refractivity (Wildman–Crippen MR) is 286 cm³/mol. The van der Waals surface area contributed by atoms with Gasteiger partial charge >= 0.3 is 0 Å². The van der Waals surface area contributed by atoms with E-state index in [-0.39, 0.29) is 0 Å². The van der Waals surface area contributed by atoms with Crippen molar-refractivity contribution in [2.24, 2.45) is 5.92 Å². The van der Waals surface area contributed by atoms with Gasteiger partial charge in [0.25, 0.3) is 0 Å². The summed E-state index contributed by atoms with van der Waals surface area (Å²) in [5.41, 5.74) is 0. The zero-order valence-electron chi connectivity index (χ0n) is 45.2. The van der Waals surface area contributed by atoms with E-state index in [4.69, 9.17) is 0 Å². The van der Waals surface area contributed by atoms with Crippen molar-refractivity contribution in [1.82, 2.24) is 0 Å². The lowest BCUT2D eigenvalue weighted by Crippen LogP contribution is -2.50. The van der Waals surface area contributed by atoms with Gasteiger partial charge in [-0.3, -0.25) is 0 Å². The van der Waals surface area contributed by atoms with Crippen LogP contribution in [0.3, 0.4) is 0 Å². The average Bonchev–Trinajstić information content (AvgIpc) is 3.27. The summed E-state index contributed by atoms with van der Waals surface area (Å²) in [5, 5.41) is 0. The minimum Gasteiger partial charge on any atom is -0.324 e. The van der Waals surface area contributed by atoms with Crippen LogP contribution in [0, 0.1) is 5.92 Å². The third-order valence-electron chi connectivity index (χ3n) is 15.6. The molecule has 0 saturated carbocycles. The summed E-state index contributed by atoms with van der Waals surface area (Å²) in [7, 11) is 0. The van der Waals surface area contributed by atoms with Crippen LogP contribution in [0.5, 0.6) is 0 Å². The lowest BCUT2D eigenvalue weighted by atomic mass is 9.96. The summed E-state index contributed by atoms with van der Waals surface area (Å²) in [6.07, 6.45) is 63.9. The number of nitrogens with zero attached hydrogens (tertiary/aromatic N) is 2. The van der Waals surface area contributed by atoms with Crippen LogP contribution in [0.15, 0.2) is 0 Å². The zero-order valence-corrected chi connectivity index (χ0v) is 45.2. The molecule has 0 saturated heterocycles. The SMILES string of the molecule is CCCCCCCC[N+](CCCCCCCC)(CCCCCCCC)CCCCCCCCC(C)CCCCC[N+](CCCCCCC)(CCCCCCC)CCCCCCC. The van der Waals surface area contributed by atoms with Crippen molar-refractivity contribution in [3.63, 3.8) is 0 Å². The van der Waals surface area contributed by atoms with Crippen molar-refractivity contribution >= 4 is 0 Å². The molecule has 0 fully saturated rings. The molecule has 0 aromatic heterocycles. The van der Waals surface area contributed by atoms with Gasteiger partial charge in [0.2, 0.25) is 0 Å². The molecule has 0 rings (SSSR count). The first kappa shape index (κ1) is 61.9.